The molecule has 3 rings (SSSR count). The Labute approximate surface area is 117 Å². The van der Waals surface area contributed by atoms with Crippen LogP contribution in [0, 0.1) is 6.92 Å². The maximum absolute atomic E-state index is 5.75. The van der Waals surface area contributed by atoms with Crippen molar-refractivity contribution < 1.29 is 4.52 Å². The van der Waals surface area contributed by atoms with E-state index in [9.17, 15) is 0 Å². The molecule has 4 nitrogen and oxygen atoms in total. The van der Waals surface area contributed by atoms with Crippen molar-refractivity contribution in [2.24, 2.45) is 0 Å². The number of aromatic nitrogens is 2. The standard InChI is InChI=1S/C16H15N3O/c1-11-4-2-5-12(8-11)9-15-18-16(20-19-15)13-6-3-7-14(17)10-13/h2-8,10H,9,17H2,1H3. The second kappa shape index (κ2) is 5.17. The zero-order valence-electron chi connectivity index (χ0n) is 11.2. The van der Waals surface area contributed by atoms with Crippen LogP contribution in [0.3, 0.4) is 0 Å². The summed E-state index contributed by atoms with van der Waals surface area (Å²) in [6.07, 6.45) is 0.660. The molecule has 3 aromatic rings. The SMILES string of the molecule is Cc1cccc(Cc2noc(-c3cccc(N)c3)n2)c1. The first-order valence-electron chi connectivity index (χ1n) is 6.45. The van der Waals surface area contributed by atoms with Crippen LogP contribution in [0.25, 0.3) is 11.5 Å². The molecule has 0 fully saturated rings. The minimum atomic E-state index is 0.500. The van der Waals surface area contributed by atoms with Gasteiger partial charge in [0.15, 0.2) is 5.82 Å². The van der Waals surface area contributed by atoms with Gasteiger partial charge < -0.3 is 10.3 Å². The number of hydrogen-bond donors (Lipinski definition) is 1. The predicted molar refractivity (Wildman–Crippen MR) is 78.1 cm³/mol. The Morgan fingerprint density at radius 1 is 1.10 bits per heavy atom. The third-order valence-corrected chi connectivity index (χ3v) is 3.05. The predicted octanol–water partition coefficient (Wildman–Crippen LogP) is 3.22. The van der Waals surface area contributed by atoms with Crippen LogP contribution < -0.4 is 5.73 Å². The molecule has 0 radical (unpaired) electrons. The molecule has 4 heteroatoms. The molecule has 0 amide bonds. The normalized spacial score (nSPS) is 10.7. The Hall–Kier alpha value is -2.62. The van der Waals surface area contributed by atoms with Crippen molar-refractivity contribution in [3.63, 3.8) is 0 Å². The van der Waals surface area contributed by atoms with Crippen LogP contribution in [-0.4, -0.2) is 10.1 Å². The lowest BCUT2D eigenvalue weighted by Crippen LogP contribution is -1.91. The van der Waals surface area contributed by atoms with Gasteiger partial charge in [-0.15, -0.1) is 0 Å². The summed E-state index contributed by atoms with van der Waals surface area (Å²) in [7, 11) is 0. The summed E-state index contributed by atoms with van der Waals surface area (Å²) in [6.45, 7) is 2.07. The van der Waals surface area contributed by atoms with Gasteiger partial charge in [0.05, 0.1) is 0 Å². The average Bonchev–Trinajstić information content (AvgIpc) is 2.87. The molecule has 20 heavy (non-hydrogen) atoms. The number of anilines is 1. The van der Waals surface area contributed by atoms with E-state index < -0.39 is 0 Å². The highest BCUT2D eigenvalue weighted by Gasteiger charge is 2.09. The Balaban J connectivity index is 1.84. The first kappa shape index (κ1) is 12.4. The lowest BCUT2D eigenvalue weighted by molar-refractivity contribution is 0.424. The quantitative estimate of drug-likeness (QED) is 0.738. The molecule has 0 bridgehead atoms. The Morgan fingerprint density at radius 2 is 1.95 bits per heavy atom. The van der Waals surface area contributed by atoms with Crippen molar-refractivity contribution in [3.05, 3.63) is 65.5 Å². The maximum atomic E-state index is 5.75. The van der Waals surface area contributed by atoms with E-state index in [2.05, 4.69) is 35.3 Å². The maximum Gasteiger partial charge on any atom is 0.258 e. The van der Waals surface area contributed by atoms with E-state index in [-0.39, 0.29) is 0 Å². The summed E-state index contributed by atoms with van der Waals surface area (Å²) >= 11 is 0. The minimum absolute atomic E-state index is 0.500. The largest absolute Gasteiger partial charge is 0.399 e. The molecule has 2 N–H and O–H groups in total. The molecule has 100 valence electrons. The Kier molecular flexibility index (Phi) is 3.21. The summed E-state index contributed by atoms with van der Waals surface area (Å²) < 4.78 is 5.29. The zero-order valence-corrected chi connectivity index (χ0v) is 11.2. The molecule has 1 aromatic heterocycles. The number of hydrogen-bond acceptors (Lipinski definition) is 4. The van der Waals surface area contributed by atoms with E-state index in [0.29, 0.717) is 23.8 Å². The van der Waals surface area contributed by atoms with Gasteiger partial charge >= 0.3 is 0 Å². The number of aryl methyl sites for hydroxylation is 1. The average molecular weight is 265 g/mol. The second-order valence-electron chi connectivity index (χ2n) is 4.81. The Morgan fingerprint density at radius 3 is 2.75 bits per heavy atom. The summed E-state index contributed by atoms with van der Waals surface area (Å²) in [4.78, 5) is 4.41. The fraction of sp³-hybridized carbons (Fsp3) is 0.125. The van der Waals surface area contributed by atoms with E-state index in [1.807, 2.05) is 30.3 Å². The van der Waals surface area contributed by atoms with E-state index in [4.69, 9.17) is 10.3 Å². The van der Waals surface area contributed by atoms with Crippen molar-refractivity contribution in [2.45, 2.75) is 13.3 Å². The summed E-state index contributed by atoms with van der Waals surface area (Å²) in [5, 5.41) is 4.02. The summed E-state index contributed by atoms with van der Waals surface area (Å²) in [5.74, 6) is 1.17. The highest BCUT2D eigenvalue weighted by Crippen LogP contribution is 2.20. The van der Waals surface area contributed by atoms with Crippen molar-refractivity contribution >= 4 is 5.69 Å². The van der Waals surface area contributed by atoms with Crippen molar-refractivity contribution in [1.82, 2.24) is 10.1 Å². The topological polar surface area (TPSA) is 64.9 Å². The van der Waals surface area contributed by atoms with Gasteiger partial charge in [-0.25, -0.2) is 0 Å². The van der Waals surface area contributed by atoms with Gasteiger partial charge in [0.1, 0.15) is 0 Å². The monoisotopic (exact) mass is 265 g/mol. The van der Waals surface area contributed by atoms with Gasteiger partial charge in [-0.2, -0.15) is 4.98 Å². The summed E-state index contributed by atoms with van der Waals surface area (Å²) in [6, 6.07) is 15.7. The van der Waals surface area contributed by atoms with Crippen molar-refractivity contribution in [2.75, 3.05) is 5.73 Å². The number of benzene rings is 2. The van der Waals surface area contributed by atoms with E-state index in [1.54, 1.807) is 0 Å². The zero-order chi connectivity index (χ0) is 13.9. The molecule has 0 saturated carbocycles. The molecular formula is C16H15N3O. The number of nitrogens with zero attached hydrogens (tertiary/aromatic N) is 2. The molecule has 0 unspecified atom stereocenters. The van der Waals surface area contributed by atoms with E-state index in [1.165, 1.54) is 11.1 Å². The first-order valence-corrected chi connectivity index (χ1v) is 6.45. The lowest BCUT2D eigenvalue weighted by Gasteiger charge is -1.98. The van der Waals surface area contributed by atoms with Crippen LogP contribution in [0.5, 0.6) is 0 Å². The third kappa shape index (κ3) is 2.69. The lowest BCUT2D eigenvalue weighted by atomic mass is 10.1. The number of nitrogens with two attached hydrogens (primary N) is 1. The van der Waals surface area contributed by atoms with E-state index in [0.717, 1.165) is 5.56 Å². The first-order chi connectivity index (χ1) is 9.70. The molecule has 0 spiro atoms. The van der Waals surface area contributed by atoms with Gasteiger partial charge in [-0.1, -0.05) is 41.1 Å². The van der Waals surface area contributed by atoms with Crippen LogP contribution in [0.2, 0.25) is 0 Å². The van der Waals surface area contributed by atoms with Gasteiger partial charge in [0.25, 0.3) is 5.89 Å². The molecule has 0 aliphatic heterocycles. The molecule has 0 atom stereocenters. The smallest absolute Gasteiger partial charge is 0.258 e. The third-order valence-electron chi connectivity index (χ3n) is 3.05. The fourth-order valence-corrected chi connectivity index (χ4v) is 2.12. The van der Waals surface area contributed by atoms with Crippen LogP contribution in [0.4, 0.5) is 5.69 Å². The second-order valence-corrected chi connectivity index (χ2v) is 4.81. The molecule has 1 heterocycles. The van der Waals surface area contributed by atoms with Gasteiger partial charge in [0.2, 0.25) is 0 Å². The van der Waals surface area contributed by atoms with Gasteiger partial charge in [-0.3, -0.25) is 0 Å². The highest BCUT2D eigenvalue weighted by atomic mass is 16.5. The van der Waals surface area contributed by atoms with Crippen LogP contribution in [0.1, 0.15) is 17.0 Å². The highest BCUT2D eigenvalue weighted by molar-refractivity contribution is 5.59. The molecule has 0 aliphatic rings. The van der Waals surface area contributed by atoms with Crippen LogP contribution in [-0.2, 0) is 6.42 Å². The number of rotatable bonds is 3. The molecule has 0 aliphatic carbocycles. The fourth-order valence-electron chi connectivity index (χ4n) is 2.12. The van der Waals surface area contributed by atoms with Crippen LogP contribution >= 0.6 is 0 Å². The number of nitrogen functional groups attached to an aromatic ring is 1. The van der Waals surface area contributed by atoms with Gasteiger partial charge in [-0.05, 0) is 30.7 Å². The summed E-state index contributed by atoms with van der Waals surface area (Å²) in [5.41, 5.74) is 9.67. The van der Waals surface area contributed by atoms with E-state index >= 15 is 0 Å². The molecular weight excluding hydrogens is 250 g/mol. The molecule has 2 aromatic carbocycles. The van der Waals surface area contributed by atoms with Gasteiger partial charge in [0, 0.05) is 17.7 Å². The molecule has 0 saturated heterocycles. The van der Waals surface area contributed by atoms with Crippen LogP contribution in [0.15, 0.2) is 53.1 Å². The van der Waals surface area contributed by atoms with Crippen molar-refractivity contribution in [1.29, 1.82) is 0 Å². The Bertz CT molecular complexity index is 734. The minimum Gasteiger partial charge on any atom is -0.399 e. The van der Waals surface area contributed by atoms with Crippen molar-refractivity contribution in [3.8, 4) is 11.5 Å².